The van der Waals surface area contributed by atoms with Gasteiger partial charge in [-0.2, -0.15) is 5.26 Å². The number of allylic oxidation sites excluding steroid dienone is 1. The van der Waals surface area contributed by atoms with Crippen LogP contribution in [0.15, 0.2) is 78.2 Å². The molecule has 5 nitrogen and oxygen atoms in total. The number of carbonyl (C=O) groups excluding carboxylic acids is 1. The number of hydrogen-bond acceptors (Lipinski definition) is 6. The first-order chi connectivity index (χ1) is 16.0. The van der Waals surface area contributed by atoms with Gasteiger partial charge >= 0.3 is 5.97 Å². The predicted molar refractivity (Wildman–Crippen MR) is 129 cm³/mol. The summed E-state index contributed by atoms with van der Waals surface area (Å²) in [5.41, 5.74) is 7.85. The number of nitrogens with two attached hydrogens (primary N) is 1. The van der Waals surface area contributed by atoms with Crippen molar-refractivity contribution in [2.24, 2.45) is 5.73 Å². The van der Waals surface area contributed by atoms with E-state index in [1.165, 1.54) is 11.3 Å². The maximum Gasteiger partial charge on any atom is 0.355 e. The molecule has 1 aliphatic rings. The monoisotopic (exact) mass is 492 g/mol. The van der Waals surface area contributed by atoms with Crippen molar-refractivity contribution < 1.29 is 14.3 Å². The van der Waals surface area contributed by atoms with Crippen LogP contribution in [0.4, 0.5) is 0 Å². The maximum absolute atomic E-state index is 12.8. The molecule has 1 unspecified atom stereocenters. The molecule has 3 aromatic carbocycles. The molecule has 0 saturated heterocycles. The normalized spacial score (nSPS) is 15.0. The molecule has 33 heavy (non-hydrogen) atoms. The van der Waals surface area contributed by atoms with E-state index in [2.05, 4.69) is 6.07 Å². The Morgan fingerprint density at radius 2 is 1.91 bits per heavy atom. The van der Waals surface area contributed by atoms with E-state index in [1.54, 1.807) is 30.3 Å². The van der Waals surface area contributed by atoms with Crippen molar-refractivity contribution in [1.29, 1.82) is 5.26 Å². The highest BCUT2D eigenvalue weighted by Gasteiger charge is 2.31. The minimum Gasteiger partial charge on any atom is -0.440 e. The molecular weight excluding hydrogens is 479 g/mol. The molecule has 0 amide bonds. The Labute approximate surface area is 203 Å². The van der Waals surface area contributed by atoms with Crippen LogP contribution in [0.5, 0.6) is 11.5 Å². The molecule has 162 valence electrons. The van der Waals surface area contributed by atoms with Crippen LogP contribution in [0.2, 0.25) is 10.0 Å². The third-order valence-corrected chi connectivity index (χ3v) is 7.19. The summed E-state index contributed by atoms with van der Waals surface area (Å²) in [5, 5.41) is 11.4. The van der Waals surface area contributed by atoms with Crippen molar-refractivity contribution >= 4 is 50.6 Å². The zero-order valence-corrected chi connectivity index (χ0v) is 19.2. The van der Waals surface area contributed by atoms with Crippen molar-refractivity contribution in [2.75, 3.05) is 0 Å². The van der Waals surface area contributed by atoms with E-state index < -0.39 is 11.9 Å². The second-order valence-corrected chi connectivity index (χ2v) is 9.18. The maximum atomic E-state index is 12.8. The average Bonchev–Trinajstić information content (AvgIpc) is 3.15. The van der Waals surface area contributed by atoms with E-state index in [0.717, 1.165) is 15.6 Å². The topological polar surface area (TPSA) is 85.3 Å². The van der Waals surface area contributed by atoms with Crippen LogP contribution in [-0.2, 0) is 0 Å². The number of hydrogen-bond donors (Lipinski definition) is 1. The highest BCUT2D eigenvalue weighted by molar-refractivity contribution is 7.21. The molecule has 0 bridgehead atoms. The smallest absolute Gasteiger partial charge is 0.355 e. The lowest BCUT2D eigenvalue weighted by Gasteiger charge is -2.26. The molecule has 1 atom stereocenters. The van der Waals surface area contributed by atoms with Gasteiger partial charge in [-0.25, -0.2) is 4.79 Å². The summed E-state index contributed by atoms with van der Waals surface area (Å²) in [5.74, 6) is -0.371. The van der Waals surface area contributed by atoms with Crippen molar-refractivity contribution in [3.05, 3.63) is 104 Å². The Kier molecular flexibility index (Phi) is 5.47. The Morgan fingerprint density at radius 1 is 1.09 bits per heavy atom. The zero-order chi connectivity index (χ0) is 23.1. The molecule has 1 aromatic heterocycles. The van der Waals surface area contributed by atoms with Crippen LogP contribution in [0.1, 0.15) is 26.7 Å². The van der Waals surface area contributed by atoms with E-state index in [1.807, 2.05) is 36.4 Å². The number of halogens is 2. The minimum absolute atomic E-state index is 0.00833. The summed E-state index contributed by atoms with van der Waals surface area (Å²) in [6.07, 6.45) is 0. The number of esters is 1. The fraction of sp³-hybridized carbons (Fsp3) is 0.0400. The molecule has 2 heterocycles. The number of benzene rings is 3. The third kappa shape index (κ3) is 3.81. The molecule has 0 spiro atoms. The lowest BCUT2D eigenvalue weighted by molar-refractivity contribution is 0.0740. The summed E-state index contributed by atoms with van der Waals surface area (Å²) in [7, 11) is 0. The van der Waals surface area contributed by atoms with Gasteiger partial charge in [0.25, 0.3) is 0 Å². The van der Waals surface area contributed by atoms with E-state index in [-0.39, 0.29) is 17.2 Å². The van der Waals surface area contributed by atoms with Gasteiger partial charge < -0.3 is 15.2 Å². The minimum atomic E-state index is -0.565. The van der Waals surface area contributed by atoms with E-state index in [0.29, 0.717) is 26.2 Å². The number of rotatable bonds is 3. The summed E-state index contributed by atoms with van der Waals surface area (Å²) in [6.45, 7) is 0. The van der Waals surface area contributed by atoms with E-state index >= 15 is 0 Å². The molecule has 0 saturated carbocycles. The second kappa shape index (κ2) is 8.45. The molecule has 0 aliphatic carbocycles. The molecule has 5 rings (SSSR count). The number of thiophene rings is 1. The van der Waals surface area contributed by atoms with Crippen LogP contribution >= 0.6 is 34.5 Å². The Balaban J connectivity index is 1.50. The van der Waals surface area contributed by atoms with Gasteiger partial charge in [0.2, 0.25) is 5.88 Å². The fourth-order valence-corrected chi connectivity index (χ4v) is 5.41. The van der Waals surface area contributed by atoms with Gasteiger partial charge in [-0.3, -0.25) is 0 Å². The number of carbonyl (C=O) groups is 1. The van der Waals surface area contributed by atoms with Gasteiger partial charge in [0.05, 0.1) is 10.9 Å². The average molecular weight is 493 g/mol. The Hall–Kier alpha value is -3.50. The first-order valence-electron chi connectivity index (χ1n) is 9.82. The lowest BCUT2D eigenvalue weighted by atomic mass is 9.83. The molecule has 0 radical (unpaired) electrons. The third-order valence-electron chi connectivity index (χ3n) is 5.30. The summed E-state index contributed by atoms with van der Waals surface area (Å²) in [4.78, 5) is 13.1. The van der Waals surface area contributed by atoms with Gasteiger partial charge in [-0.1, -0.05) is 59.6 Å². The van der Waals surface area contributed by atoms with Gasteiger partial charge in [0.1, 0.15) is 28.0 Å². The predicted octanol–water partition coefficient (Wildman–Crippen LogP) is 6.65. The summed E-state index contributed by atoms with van der Waals surface area (Å²) >= 11 is 13.8. The number of nitriles is 1. The van der Waals surface area contributed by atoms with Crippen molar-refractivity contribution in [3.8, 4) is 17.6 Å². The van der Waals surface area contributed by atoms with Crippen LogP contribution < -0.4 is 15.2 Å². The standard InChI is InChI=1S/C25H14Cl2N2O3S/c26-14-5-3-4-13(10-14)21-16-9-8-15(11-19(16)32-24(29)18(21)12-28)31-25(30)23-22(27)17-6-1-2-7-20(17)33-23/h1-11,21H,29H2. The van der Waals surface area contributed by atoms with Crippen LogP contribution in [0.25, 0.3) is 10.1 Å². The Bertz CT molecular complexity index is 1500. The van der Waals surface area contributed by atoms with Crippen molar-refractivity contribution in [2.45, 2.75) is 5.92 Å². The van der Waals surface area contributed by atoms with Crippen LogP contribution in [0, 0.1) is 11.3 Å². The molecule has 2 N–H and O–H groups in total. The quantitative estimate of drug-likeness (QED) is 0.255. The van der Waals surface area contributed by atoms with E-state index in [4.69, 9.17) is 38.4 Å². The molecule has 4 aromatic rings. The number of ether oxygens (including phenoxy) is 2. The molecular formula is C25H14Cl2N2O3S. The van der Waals surface area contributed by atoms with Crippen molar-refractivity contribution in [3.63, 3.8) is 0 Å². The van der Waals surface area contributed by atoms with E-state index in [9.17, 15) is 10.1 Å². The molecule has 8 heteroatoms. The largest absolute Gasteiger partial charge is 0.440 e. The highest BCUT2D eigenvalue weighted by Crippen LogP contribution is 2.44. The molecule has 0 fully saturated rings. The first-order valence-corrected chi connectivity index (χ1v) is 11.4. The highest BCUT2D eigenvalue weighted by atomic mass is 35.5. The summed E-state index contributed by atoms with van der Waals surface area (Å²) in [6, 6.07) is 21.8. The van der Waals surface area contributed by atoms with Gasteiger partial charge in [-0.05, 0) is 29.8 Å². The summed E-state index contributed by atoms with van der Waals surface area (Å²) < 4.78 is 12.2. The number of fused-ring (bicyclic) bond motifs is 2. The van der Waals surface area contributed by atoms with Crippen molar-refractivity contribution in [1.82, 2.24) is 0 Å². The Morgan fingerprint density at radius 3 is 2.67 bits per heavy atom. The number of nitrogens with zero attached hydrogens (tertiary/aromatic N) is 1. The molecule has 1 aliphatic heterocycles. The fourth-order valence-electron chi connectivity index (χ4n) is 3.83. The van der Waals surface area contributed by atoms with Crippen LogP contribution in [-0.4, -0.2) is 5.97 Å². The second-order valence-electron chi connectivity index (χ2n) is 7.31. The SMILES string of the molecule is N#CC1=C(N)Oc2cc(OC(=O)c3sc4ccccc4c3Cl)ccc2C1c1cccc(Cl)c1. The van der Waals surface area contributed by atoms with Gasteiger partial charge in [0.15, 0.2) is 0 Å². The van der Waals surface area contributed by atoms with Gasteiger partial charge in [-0.15, -0.1) is 11.3 Å². The first kappa shape index (κ1) is 21.4. The van der Waals surface area contributed by atoms with Gasteiger partial charge in [0, 0.05) is 26.7 Å². The van der Waals surface area contributed by atoms with Crippen LogP contribution in [0.3, 0.4) is 0 Å². The zero-order valence-electron chi connectivity index (χ0n) is 16.8. The lowest BCUT2D eigenvalue weighted by Crippen LogP contribution is -2.21.